The van der Waals surface area contributed by atoms with Gasteiger partial charge in [-0.3, -0.25) is 4.79 Å². The summed E-state index contributed by atoms with van der Waals surface area (Å²) >= 11 is 0. The monoisotopic (exact) mass is 320 g/mol. The van der Waals surface area contributed by atoms with E-state index < -0.39 is 0 Å². The van der Waals surface area contributed by atoms with Gasteiger partial charge in [-0.15, -0.1) is 0 Å². The van der Waals surface area contributed by atoms with Crippen LogP contribution in [0, 0.1) is 6.92 Å². The smallest absolute Gasteiger partial charge is 0.289 e. The van der Waals surface area contributed by atoms with Crippen molar-refractivity contribution in [3.63, 3.8) is 0 Å². The van der Waals surface area contributed by atoms with Crippen molar-refractivity contribution in [1.82, 2.24) is 4.90 Å². The van der Waals surface area contributed by atoms with Crippen LogP contribution >= 0.6 is 0 Å². The molecule has 3 aromatic rings. The first-order chi connectivity index (χ1) is 11.6. The van der Waals surface area contributed by atoms with Gasteiger partial charge in [-0.25, -0.2) is 0 Å². The molecule has 4 heteroatoms. The lowest BCUT2D eigenvalue weighted by Crippen LogP contribution is -2.32. The lowest BCUT2D eigenvalue weighted by Gasteiger charge is -2.15. The third-order valence-electron chi connectivity index (χ3n) is 4.83. The zero-order chi connectivity index (χ0) is 16.7. The molecule has 1 fully saturated rings. The highest BCUT2D eigenvalue weighted by Gasteiger charge is 2.35. The Balaban J connectivity index is 1.59. The molecule has 2 N–H and O–H groups in total. The number of hydrogen-bond donors (Lipinski definition) is 1. The predicted octanol–water partition coefficient (Wildman–Crippen LogP) is 3.31. The van der Waals surface area contributed by atoms with E-state index in [1.54, 1.807) is 4.90 Å². The molecule has 0 radical (unpaired) electrons. The van der Waals surface area contributed by atoms with Crippen molar-refractivity contribution in [3.05, 3.63) is 71.5 Å². The van der Waals surface area contributed by atoms with Crippen LogP contribution in [0.15, 0.2) is 59.0 Å². The zero-order valence-electron chi connectivity index (χ0n) is 13.6. The minimum absolute atomic E-state index is 0.0533. The maximum Gasteiger partial charge on any atom is 0.289 e. The fourth-order valence-corrected chi connectivity index (χ4v) is 3.52. The number of fused-ring (bicyclic) bond motifs is 1. The van der Waals surface area contributed by atoms with Gasteiger partial charge in [0.15, 0.2) is 5.76 Å². The summed E-state index contributed by atoms with van der Waals surface area (Å²) in [6.07, 6.45) is 0. The lowest BCUT2D eigenvalue weighted by molar-refractivity contribution is 0.0760. The van der Waals surface area contributed by atoms with Crippen LogP contribution in [0.25, 0.3) is 11.0 Å². The number of hydrogen-bond acceptors (Lipinski definition) is 3. The number of amides is 1. The molecule has 0 spiro atoms. The Kier molecular flexibility index (Phi) is 3.62. The first-order valence-electron chi connectivity index (χ1n) is 8.22. The molecule has 2 atom stereocenters. The minimum Gasteiger partial charge on any atom is -0.451 e. The summed E-state index contributed by atoms with van der Waals surface area (Å²) in [7, 11) is 0. The van der Waals surface area contributed by atoms with Gasteiger partial charge in [0.2, 0.25) is 0 Å². The Bertz CT molecular complexity index is 885. The average molecular weight is 320 g/mol. The molecule has 0 saturated carbocycles. The number of likely N-dealkylation sites (tertiary alicyclic amines) is 1. The summed E-state index contributed by atoms with van der Waals surface area (Å²) in [6.45, 7) is 3.16. The molecule has 0 bridgehead atoms. The quantitative estimate of drug-likeness (QED) is 0.788. The summed E-state index contributed by atoms with van der Waals surface area (Å²) in [5.74, 6) is 0.473. The number of furan rings is 1. The van der Waals surface area contributed by atoms with E-state index in [0.717, 1.165) is 16.5 Å². The van der Waals surface area contributed by atoms with E-state index in [9.17, 15) is 4.79 Å². The van der Waals surface area contributed by atoms with Crippen molar-refractivity contribution in [1.29, 1.82) is 0 Å². The van der Waals surface area contributed by atoms with E-state index in [-0.39, 0.29) is 17.9 Å². The predicted molar refractivity (Wildman–Crippen MR) is 94.0 cm³/mol. The topological polar surface area (TPSA) is 59.5 Å². The standard InChI is InChI=1S/C20H20N2O2/c1-13-6-5-9-15-10-18(24-19(13)15)20(23)22-11-16(17(21)12-22)14-7-3-2-4-8-14/h2-10,16-17H,11-12,21H2,1H3/t16-,17+/m0/s1. The van der Waals surface area contributed by atoms with Gasteiger partial charge in [0.25, 0.3) is 5.91 Å². The van der Waals surface area contributed by atoms with Crippen LogP contribution in [0.3, 0.4) is 0 Å². The molecule has 0 aliphatic carbocycles. The van der Waals surface area contributed by atoms with Gasteiger partial charge in [0, 0.05) is 30.4 Å². The minimum atomic E-state index is -0.0838. The van der Waals surface area contributed by atoms with Crippen molar-refractivity contribution in [2.24, 2.45) is 5.73 Å². The van der Waals surface area contributed by atoms with Crippen molar-refractivity contribution in [3.8, 4) is 0 Å². The molecule has 1 aromatic heterocycles. The van der Waals surface area contributed by atoms with Crippen molar-refractivity contribution in [2.45, 2.75) is 18.9 Å². The third-order valence-corrected chi connectivity index (χ3v) is 4.83. The Morgan fingerprint density at radius 2 is 1.92 bits per heavy atom. The number of carbonyl (C=O) groups excluding carboxylic acids is 1. The van der Waals surface area contributed by atoms with Gasteiger partial charge >= 0.3 is 0 Å². The summed E-state index contributed by atoms with van der Waals surface area (Å²) in [4.78, 5) is 14.6. The molecule has 122 valence electrons. The van der Waals surface area contributed by atoms with Crippen LogP contribution in [0.5, 0.6) is 0 Å². The molecule has 1 aliphatic heterocycles. The summed E-state index contributed by atoms with van der Waals surface area (Å²) in [5.41, 5.74) is 9.29. The van der Waals surface area contributed by atoms with Gasteiger partial charge in [0.1, 0.15) is 5.58 Å². The molecule has 1 amide bonds. The average Bonchev–Trinajstić information content (AvgIpc) is 3.20. The lowest BCUT2D eigenvalue weighted by atomic mass is 9.95. The van der Waals surface area contributed by atoms with Gasteiger partial charge in [-0.05, 0) is 24.1 Å². The number of aryl methyl sites for hydroxylation is 1. The summed E-state index contributed by atoms with van der Waals surface area (Å²) in [6, 6.07) is 17.8. The number of carbonyl (C=O) groups is 1. The van der Waals surface area contributed by atoms with E-state index in [4.69, 9.17) is 10.2 Å². The van der Waals surface area contributed by atoms with Gasteiger partial charge < -0.3 is 15.1 Å². The first kappa shape index (κ1) is 15.0. The molecule has 1 aliphatic rings. The number of rotatable bonds is 2. The maximum absolute atomic E-state index is 12.8. The molecule has 1 saturated heterocycles. The molecule has 24 heavy (non-hydrogen) atoms. The summed E-state index contributed by atoms with van der Waals surface area (Å²) in [5, 5.41) is 0.960. The molecule has 0 unspecified atom stereocenters. The SMILES string of the molecule is Cc1cccc2cc(C(=O)N3C[C@@H](N)[C@H](c4ccccc4)C3)oc12. The fraction of sp³-hybridized carbons (Fsp3) is 0.250. The normalized spacial score (nSPS) is 20.7. The number of nitrogens with zero attached hydrogens (tertiary/aromatic N) is 1. The first-order valence-corrected chi connectivity index (χ1v) is 8.22. The van der Waals surface area contributed by atoms with Crippen molar-refractivity contribution >= 4 is 16.9 Å². The molecule has 4 rings (SSSR count). The van der Waals surface area contributed by atoms with Gasteiger partial charge in [0.05, 0.1) is 0 Å². The third kappa shape index (κ3) is 2.49. The second kappa shape index (κ2) is 5.80. The van der Waals surface area contributed by atoms with Crippen molar-refractivity contribution < 1.29 is 9.21 Å². The second-order valence-corrected chi connectivity index (χ2v) is 6.50. The van der Waals surface area contributed by atoms with Crippen LogP contribution in [0.1, 0.15) is 27.6 Å². The van der Waals surface area contributed by atoms with E-state index in [1.807, 2.05) is 49.4 Å². The largest absolute Gasteiger partial charge is 0.451 e. The van der Waals surface area contributed by atoms with Crippen molar-refractivity contribution in [2.75, 3.05) is 13.1 Å². The van der Waals surface area contributed by atoms with Gasteiger partial charge in [-0.1, -0.05) is 48.5 Å². The summed E-state index contributed by atoms with van der Waals surface area (Å²) < 4.78 is 5.82. The van der Waals surface area contributed by atoms with E-state index in [2.05, 4.69) is 12.1 Å². The van der Waals surface area contributed by atoms with Crippen LogP contribution in [-0.2, 0) is 0 Å². The molecule has 4 nitrogen and oxygen atoms in total. The Hall–Kier alpha value is -2.59. The number of para-hydroxylation sites is 1. The van der Waals surface area contributed by atoms with Crippen LogP contribution in [-0.4, -0.2) is 29.9 Å². The Morgan fingerprint density at radius 1 is 1.12 bits per heavy atom. The molecular formula is C20H20N2O2. The highest BCUT2D eigenvalue weighted by Crippen LogP contribution is 2.29. The number of benzene rings is 2. The molecule has 2 heterocycles. The Morgan fingerprint density at radius 3 is 2.67 bits per heavy atom. The van der Waals surface area contributed by atoms with Crippen LogP contribution in [0.2, 0.25) is 0 Å². The molecular weight excluding hydrogens is 300 g/mol. The van der Waals surface area contributed by atoms with E-state index in [0.29, 0.717) is 18.8 Å². The highest BCUT2D eigenvalue weighted by atomic mass is 16.3. The van der Waals surface area contributed by atoms with E-state index in [1.165, 1.54) is 5.56 Å². The van der Waals surface area contributed by atoms with Gasteiger partial charge in [-0.2, -0.15) is 0 Å². The number of nitrogens with two attached hydrogens (primary N) is 1. The maximum atomic E-state index is 12.8. The Labute approximate surface area is 140 Å². The highest BCUT2D eigenvalue weighted by molar-refractivity contribution is 5.96. The van der Waals surface area contributed by atoms with Crippen LogP contribution in [0.4, 0.5) is 0 Å². The molecule has 2 aromatic carbocycles. The van der Waals surface area contributed by atoms with E-state index >= 15 is 0 Å². The second-order valence-electron chi connectivity index (χ2n) is 6.50. The zero-order valence-corrected chi connectivity index (χ0v) is 13.6. The fourth-order valence-electron chi connectivity index (χ4n) is 3.52. The van der Waals surface area contributed by atoms with Crippen LogP contribution < -0.4 is 5.73 Å².